The smallest absolute Gasteiger partial charge is 0.133 e. The van der Waals surface area contributed by atoms with E-state index in [0.29, 0.717) is 11.8 Å². The highest BCUT2D eigenvalue weighted by Gasteiger charge is 2.50. The Morgan fingerprint density at radius 2 is 1.33 bits per heavy atom. The lowest BCUT2D eigenvalue weighted by Crippen LogP contribution is -2.49. The van der Waals surface area contributed by atoms with Gasteiger partial charge in [0.05, 0.1) is 0 Å². The van der Waals surface area contributed by atoms with Crippen molar-refractivity contribution < 1.29 is 13.2 Å². The zero-order valence-corrected chi connectivity index (χ0v) is 11.9. The number of hydrogen-bond donors (Lipinski definition) is 1. The van der Waals surface area contributed by atoms with Crippen molar-refractivity contribution in [3.63, 3.8) is 0 Å². The molecular formula is C17H20F3N. The minimum atomic E-state index is -0.883. The molecule has 4 saturated carbocycles. The second-order valence-electron chi connectivity index (χ2n) is 7.32. The van der Waals surface area contributed by atoms with Crippen molar-refractivity contribution >= 4 is 0 Å². The molecule has 0 saturated heterocycles. The van der Waals surface area contributed by atoms with Gasteiger partial charge < -0.3 is 5.73 Å². The van der Waals surface area contributed by atoms with Crippen LogP contribution >= 0.6 is 0 Å². The Hall–Kier alpha value is -1.03. The highest BCUT2D eigenvalue weighted by Crippen LogP contribution is 2.59. The Morgan fingerprint density at radius 3 is 1.81 bits per heavy atom. The molecule has 4 aliphatic carbocycles. The van der Waals surface area contributed by atoms with Crippen LogP contribution in [-0.4, -0.2) is 0 Å². The summed E-state index contributed by atoms with van der Waals surface area (Å²) in [5.74, 6) is 0.138. The predicted molar refractivity (Wildman–Crippen MR) is 73.8 cm³/mol. The van der Waals surface area contributed by atoms with Gasteiger partial charge in [-0.05, 0) is 61.7 Å². The Kier molecular flexibility index (Phi) is 3.07. The number of hydrogen-bond acceptors (Lipinski definition) is 1. The maximum atomic E-state index is 14.0. The van der Waals surface area contributed by atoms with Gasteiger partial charge in [0.1, 0.15) is 17.5 Å². The molecule has 5 rings (SSSR count). The second kappa shape index (κ2) is 4.73. The fourth-order valence-corrected chi connectivity index (χ4v) is 5.62. The van der Waals surface area contributed by atoms with Crippen LogP contribution in [0.1, 0.15) is 43.7 Å². The summed E-state index contributed by atoms with van der Waals surface area (Å²) in [6, 6.07) is 0.837. The van der Waals surface area contributed by atoms with E-state index in [1.54, 1.807) is 0 Å². The van der Waals surface area contributed by atoms with Gasteiger partial charge in [0.25, 0.3) is 0 Å². The molecule has 4 heteroatoms. The monoisotopic (exact) mass is 295 g/mol. The van der Waals surface area contributed by atoms with Crippen LogP contribution in [0.2, 0.25) is 0 Å². The van der Waals surface area contributed by atoms with E-state index >= 15 is 0 Å². The maximum Gasteiger partial charge on any atom is 0.133 e. The lowest BCUT2D eigenvalue weighted by atomic mass is 9.50. The minimum absolute atomic E-state index is 0.117. The van der Waals surface area contributed by atoms with Gasteiger partial charge >= 0.3 is 0 Å². The van der Waals surface area contributed by atoms with Gasteiger partial charge in [0.15, 0.2) is 0 Å². The quantitative estimate of drug-likeness (QED) is 0.870. The van der Waals surface area contributed by atoms with Crippen LogP contribution in [0, 0.1) is 47.0 Å². The molecule has 0 heterocycles. The van der Waals surface area contributed by atoms with Gasteiger partial charge in [-0.1, -0.05) is 0 Å². The SMILES string of the molecule is NC(c1c(F)cc(F)cc1F)C1C2CC3CC(C2)CC1C3. The molecule has 0 spiro atoms. The third kappa shape index (κ3) is 2.10. The van der Waals surface area contributed by atoms with E-state index in [1.165, 1.54) is 6.42 Å². The molecule has 4 bridgehead atoms. The van der Waals surface area contributed by atoms with Crippen molar-refractivity contribution in [1.82, 2.24) is 0 Å². The molecule has 1 unspecified atom stereocenters. The molecule has 1 aromatic carbocycles. The van der Waals surface area contributed by atoms with E-state index < -0.39 is 23.5 Å². The Morgan fingerprint density at radius 1 is 0.857 bits per heavy atom. The molecule has 1 aromatic rings. The predicted octanol–water partition coefficient (Wildman–Crippen LogP) is 4.18. The number of halogens is 3. The Bertz CT molecular complexity index is 520. The van der Waals surface area contributed by atoms with Gasteiger partial charge in [-0.2, -0.15) is 0 Å². The zero-order valence-electron chi connectivity index (χ0n) is 11.9. The molecule has 21 heavy (non-hydrogen) atoms. The Balaban J connectivity index is 1.68. The summed E-state index contributed by atoms with van der Waals surface area (Å²) in [7, 11) is 0. The molecule has 2 N–H and O–H groups in total. The zero-order chi connectivity index (χ0) is 14.7. The average Bonchev–Trinajstić information content (AvgIpc) is 2.35. The van der Waals surface area contributed by atoms with E-state index in [0.717, 1.165) is 49.7 Å². The summed E-state index contributed by atoms with van der Waals surface area (Å²) in [4.78, 5) is 0. The van der Waals surface area contributed by atoms with Crippen LogP contribution in [0.3, 0.4) is 0 Å². The van der Waals surface area contributed by atoms with Crippen LogP contribution in [0.25, 0.3) is 0 Å². The summed E-state index contributed by atoms with van der Waals surface area (Å²) in [5, 5.41) is 0. The fraction of sp³-hybridized carbons (Fsp3) is 0.647. The number of benzene rings is 1. The third-order valence-electron chi connectivity index (χ3n) is 6.09. The van der Waals surface area contributed by atoms with E-state index in [1.807, 2.05) is 0 Å². The van der Waals surface area contributed by atoms with Crippen molar-refractivity contribution in [1.29, 1.82) is 0 Å². The molecule has 4 aliphatic rings. The second-order valence-corrected chi connectivity index (χ2v) is 7.32. The molecule has 0 aliphatic heterocycles. The molecular weight excluding hydrogens is 275 g/mol. The third-order valence-corrected chi connectivity index (χ3v) is 6.09. The number of nitrogens with two attached hydrogens (primary N) is 1. The molecule has 4 fully saturated rings. The van der Waals surface area contributed by atoms with Gasteiger partial charge in [0.2, 0.25) is 0 Å². The van der Waals surface area contributed by atoms with Gasteiger partial charge in [-0.3, -0.25) is 0 Å². The summed E-state index contributed by atoms with van der Waals surface area (Å²) in [6.45, 7) is 0. The molecule has 114 valence electrons. The van der Waals surface area contributed by atoms with Crippen molar-refractivity contribution in [3.05, 3.63) is 35.1 Å². The summed E-state index contributed by atoms with van der Waals surface area (Å²) < 4.78 is 41.1. The summed E-state index contributed by atoms with van der Waals surface area (Å²) in [6.07, 6.45) is 5.92. The number of rotatable bonds is 2. The normalized spacial score (nSPS) is 38.8. The van der Waals surface area contributed by atoms with E-state index in [-0.39, 0.29) is 11.5 Å². The highest BCUT2D eigenvalue weighted by atomic mass is 19.1. The Labute approximate surface area is 122 Å². The van der Waals surface area contributed by atoms with Crippen molar-refractivity contribution in [2.75, 3.05) is 0 Å². The molecule has 0 aromatic heterocycles. The lowest BCUT2D eigenvalue weighted by molar-refractivity contribution is -0.0479. The summed E-state index contributed by atoms with van der Waals surface area (Å²) in [5.41, 5.74) is 6.15. The van der Waals surface area contributed by atoms with Crippen molar-refractivity contribution in [2.45, 2.75) is 38.1 Å². The fourth-order valence-electron chi connectivity index (χ4n) is 5.62. The van der Waals surface area contributed by atoms with Crippen LogP contribution in [0.15, 0.2) is 12.1 Å². The molecule has 1 nitrogen and oxygen atoms in total. The van der Waals surface area contributed by atoms with Gasteiger partial charge in [0, 0.05) is 23.7 Å². The largest absolute Gasteiger partial charge is 0.324 e. The highest BCUT2D eigenvalue weighted by molar-refractivity contribution is 5.25. The van der Waals surface area contributed by atoms with Gasteiger partial charge in [-0.25, -0.2) is 13.2 Å². The first-order valence-corrected chi connectivity index (χ1v) is 7.93. The topological polar surface area (TPSA) is 26.0 Å². The van der Waals surface area contributed by atoms with Gasteiger partial charge in [-0.15, -0.1) is 0 Å². The van der Waals surface area contributed by atoms with Crippen LogP contribution < -0.4 is 5.73 Å². The first-order chi connectivity index (χ1) is 10.0. The standard InChI is InChI=1S/C17H20F3N/c18-12-6-13(19)16(14(20)7-12)17(21)15-10-2-8-1-9(4-10)5-11(15)3-8/h6-11,15,17H,1-5,21H2. The molecule has 0 radical (unpaired) electrons. The first kappa shape index (κ1) is 13.6. The molecule has 0 amide bonds. The van der Waals surface area contributed by atoms with Crippen molar-refractivity contribution in [3.8, 4) is 0 Å². The summed E-state index contributed by atoms with van der Waals surface area (Å²) >= 11 is 0. The van der Waals surface area contributed by atoms with Crippen LogP contribution in [0.5, 0.6) is 0 Å². The minimum Gasteiger partial charge on any atom is -0.324 e. The lowest BCUT2D eigenvalue weighted by Gasteiger charge is -2.56. The average molecular weight is 295 g/mol. The van der Waals surface area contributed by atoms with E-state index in [4.69, 9.17) is 5.73 Å². The molecule has 1 atom stereocenters. The van der Waals surface area contributed by atoms with Crippen LogP contribution in [0.4, 0.5) is 13.2 Å². The van der Waals surface area contributed by atoms with E-state index in [9.17, 15) is 13.2 Å². The maximum absolute atomic E-state index is 14.0. The van der Waals surface area contributed by atoms with Crippen LogP contribution in [-0.2, 0) is 0 Å². The first-order valence-electron chi connectivity index (χ1n) is 7.93. The van der Waals surface area contributed by atoms with Crippen molar-refractivity contribution in [2.24, 2.45) is 35.3 Å². The van der Waals surface area contributed by atoms with E-state index in [2.05, 4.69) is 0 Å².